The Hall–Kier alpha value is -0.850. The van der Waals surface area contributed by atoms with Gasteiger partial charge in [0.1, 0.15) is 0 Å². The Morgan fingerprint density at radius 3 is 2.78 bits per heavy atom. The number of aliphatic imine (C=N–C) groups is 1. The van der Waals surface area contributed by atoms with Gasteiger partial charge in [0.2, 0.25) is 0 Å². The Labute approximate surface area is 141 Å². The van der Waals surface area contributed by atoms with E-state index in [2.05, 4.69) is 48.1 Å². The summed E-state index contributed by atoms with van der Waals surface area (Å²) < 4.78 is 5.74. The molecule has 6 heteroatoms. The van der Waals surface area contributed by atoms with Crippen LogP contribution in [0.15, 0.2) is 4.99 Å². The van der Waals surface area contributed by atoms with Crippen LogP contribution in [0.1, 0.15) is 19.8 Å². The van der Waals surface area contributed by atoms with E-state index in [1.54, 1.807) is 0 Å². The number of piperazine rings is 1. The first-order valence-electron chi connectivity index (χ1n) is 9.06. The minimum Gasteiger partial charge on any atom is -0.379 e. The Bertz CT molecular complexity index is 372. The smallest absolute Gasteiger partial charge is 0.193 e. The van der Waals surface area contributed by atoms with Crippen LogP contribution < -0.4 is 5.32 Å². The molecule has 0 spiro atoms. The highest BCUT2D eigenvalue weighted by molar-refractivity contribution is 5.79. The minimum absolute atomic E-state index is 0.502. The molecule has 6 nitrogen and oxygen atoms in total. The van der Waals surface area contributed by atoms with Crippen LogP contribution in [0.4, 0.5) is 0 Å². The second kappa shape index (κ2) is 9.45. The van der Waals surface area contributed by atoms with Gasteiger partial charge in [0.15, 0.2) is 5.96 Å². The zero-order chi connectivity index (χ0) is 16.7. The summed E-state index contributed by atoms with van der Waals surface area (Å²) in [5.41, 5.74) is 0. The molecule has 1 unspecified atom stereocenters. The molecule has 0 radical (unpaired) electrons. The summed E-state index contributed by atoms with van der Waals surface area (Å²) in [6, 6.07) is 0.502. The number of hydrogen-bond acceptors (Lipinski definition) is 4. The molecule has 1 heterocycles. The molecule has 134 valence electrons. The number of guanidine groups is 1. The van der Waals surface area contributed by atoms with Gasteiger partial charge in [-0.3, -0.25) is 9.89 Å². The number of nitrogens with zero attached hydrogens (tertiary/aromatic N) is 4. The molecule has 2 fully saturated rings. The summed E-state index contributed by atoms with van der Waals surface area (Å²) in [6.45, 7) is 9.82. The van der Waals surface area contributed by atoms with Crippen molar-refractivity contribution >= 4 is 5.96 Å². The van der Waals surface area contributed by atoms with E-state index in [1.165, 1.54) is 12.8 Å². The SMILES string of the molecule is CCNC(=NCC1CN(C)CCN1C)N(C)CCOCC1CC1. The normalized spacial score (nSPS) is 24.0. The van der Waals surface area contributed by atoms with E-state index in [0.717, 1.165) is 64.4 Å². The van der Waals surface area contributed by atoms with E-state index in [4.69, 9.17) is 9.73 Å². The van der Waals surface area contributed by atoms with Crippen molar-refractivity contribution in [3.05, 3.63) is 0 Å². The predicted molar refractivity (Wildman–Crippen MR) is 96.1 cm³/mol. The van der Waals surface area contributed by atoms with Crippen molar-refractivity contribution in [3.8, 4) is 0 Å². The summed E-state index contributed by atoms with van der Waals surface area (Å²) in [5.74, 6) is 1.82. The Kier molecular flexibility index (Phi) is 7.59. The maximum atomic E-state index is 5.74. The predicted octanol–water partition coefficient (Wildman–Crippen LogP) is 0.556. The number of rotatable bonds is 8. The van der Waals surface area contributed by atoms with E-state index in [-0.39, 0.29) is 0 Å². The molecular weight excluding hydrogens is 290 g/mol. The van der Waals surface area contributed by atoms with Crippen LogP contribution in [-0.2, 0) is 4.74 Å². The topological polar surface area (TPSA) is 43.3 Å². The van der Waals surface area contributed by atoms with Crippen molar-refractivity contribution in [3.63, 3.8) is 0 Å². The van der Waals surface area contributed by atoms with Gasteiger partial charge in [-0.15, -0.1) is 0 Å². The molecule has 1 atom stereocenters. The van der Waals surface area contributed by atoms with Crippen LogP contribution in [-0.4, -0.2) is 100 Å². The van der Waals surface area contributed by atoms with Gasteiger partial charge >= 0.3 is 0 Å². The van der Waals surface area contributed by atoms with Crippen LogP contribution in [0.3, 0.4) is 0 Å². The third-order valence-corrected chi connectivity index (χ3v) is 4.75. The fourth-order valence-corrected chi connectivity index (χ4v) is 2.80. The summed E-state index contributed by atoms with van der Waals surface area (Å²) in [5, 5.41) is 3.40. The van der Waals surface area contributed by atoms with Crippen LogP contribution in [0.25, 0.3) is 0 Å². The van der Waals surface area contributed by atoms with E-state index >= 15 is 0 Å². The second-order valence-electron chi connectivity index (χ2n) is 7.03. The molecule has 0 aromatic rings. The molecule has 1 aliphatic heterocycles. The number of likely N-dealkylation sites (N-methyl/N-ethyl adjacent to an activating group) is 3. The molecule has 1 N–H and O–H groups in total. The molecule has 0 aromatic carbocycles. The van der Waals surface area contributed by atoms with E-state index in [0.29, 0.717) is 6.04 Å². The van der Waals surface area contributed by atoms with Crippen LogP contribution in [0, 0.1) is 5.92 Å². The fourth-order valence-electron chi connectivity index (χ4n) is 2.80. The average molecular weight is 326 g/mol. The van der Waals surface area contributed by atoms with Crippen LogP contribution >= 0.6 is 0 Å². The van der Waals surface area contributed by atoms with Gasteiger partial charge in [-0.05, 0) is 39.8 Å². The molecule has 0 amide bonds. The van der Waals surface area contributed by atoms with Crippen molar-refractivity contribution in [2.75, 3.05) is 73.6 Å². The zero-order valence-electron chi connectivity index (χ0n) is 15.4. The molecule has 0 aromatic heterocycles. The number of hydrogen-bond donors (Lipinski definition) is 1. The third-order valence-electron chi connectivity index (χ3n) is 4.75. The summed E-state index contributed by atoms with van der Waals surface area (Å²) in [4.78, 5) is 11.9. The number of nitrogens with one attached hydrogen (secondary N) is 1. The van der Waals surface area contributed by atoms with Gasteiger partial charge in [-0.2, -0.15) is 0 Å². The standard InChI is InChI=1S/C17H35N5O/c1-5-18-17(22(4)10-11-23-14-15-6-7-15)19-12-16-13-20(2)8-9-21(16)3/h15-16H,5-14H2,1-4H3,(H,18,19). The maximum absolute atomic E-state index is 5.74. The summed E-state index contributed by atoms with van der Waals surface area (Å²) in [6.07, 6.45) is 2.70. The van der Waals surface area contributed by atoms with Crippen molar-refractivity contribution in [1.82, 2.24) is 20.0 Å². The van der Waals surface area contributed by atoms with E-state index in [1.807, 2.05) is 0 Å². The monoisotopic (exact) mass is 325 g/mol. The summed E-state index contributed by atoms with van der Waals surface area (Å²) in [7, 11) is 6.49. The molecule has 2 rings (SSSR count). The summed E-state index contributed by atoms with van der Waals surface area (Å²) >= 11 is 0. The lowest BCUT2D eigenvalue weighted by Gasteiger charge is -2.37. The number of ether oxygens (including phenoxy) is 1. The highest BCUT2D eigenvalue weighted by Crippen LogP contribution is 2.28. The molecule has 1 saturated heterocycles. The lowest BCUT2D eigenvalue weighted by Crippen LogP contribution is -2.51. The maximum Gasteiger partial charge on any atom is 0.193 e. The lowest BCUT2D eigenvalue weighted by atomic mass is 10.2. The Morgan fingerprint density at radius 1 is 1.30 bits per heavy atom. The first kappa shape index (κ1) is 18.5. The Balaban J connectivity index is 1.77. The first-order valence-corrected chi connectivity index (χ1v) is 9.06. The molecule has 1 aliphatic carbocycles. The van der Waals surface area contributed by atoms with E-state index < -0.39 is 0 Å². The lowest BCUT2D eigenvalue weighted by molar-refractivity contribution is 0.114. The fraction of sp³-hybridized carbons (Fsp3) is 0.941. The van der Waals surface area contributed by atoms with Gasteiger partial charge in [0, 0.05) is 52.4 Å². The van der Waals surface area contributed by atoms with Gasteiger partial charge in [-0.1, -0.05) is 0 Å². The molecule has 23 heavy (non-hydrogen) atoms. The van der Waals surface area contributed by atoms with Crippen LogP contribution in [0.2, 0.25) is 0 Å². The quantitative estimate of drug-likeness (QED) is 0.401. The molecule has 0 bridgehead atoms. The van der Waals surface area contributed by atoms with Gasteiger partial charge in [0.25, 0.3) is 0 Å². The molecular formula is C17H35N5O. The minimum atomic E-state index is 0.502. The van der Waals surface area contributed by atoms with Crippen molar-refractivity contribution in [2.24, 2.45) is 10.9 Å². The first-order chi connectivity index (χ1) is 11.1. The highest BCUT2D eigenvalue weighted by atomic mass is 16.5. The largest absolute Gasteiger partial charge is 0.379 e. The van der Waals surface area contributed by atoms with Gasteiger partial charge in [0.05, 0.1) is 13.2 Å². The second-order valence-corrected chi connectivity index (χ2v) is 7.03. The van der Waals surface area contributed by atoms with Crippen LogP contribution in [0.5, 0.6) is 0 Å². The van der Waals surface area contributed by atoms with Gasteiger partial charge < -0.3 is 19.9 Å². The van der Waals surface area contributed by atoms with Crippen molar-refractivity contribution in [2.45, 2.75) is 25.8 Å². The van der Waals surface area contributed by atoms with E-state index in [9.17, 15) is 0 Å². The third kappa shape index (κ3) is 6.65. The van der Waals surface area contributed by atoms with Crippen molar-refractivity contribution in [1.29, 1.82) is 0 Å². The average Bonchev–Trinajstić information content (AvgIpc) is 3.35. The molecule has 2 aliphatic rings. The van der Waals surface area contributed by atoms with Gasteiger partial charge in [-0.25, -0.2) is 0 Å². The molecule has 1 saturated carbocycles. The Morgan fingerprint density at radius 2 is 2.09 bits per heavy atom. The highest BCUT2D eigenvalue weighted by Gasteiger charge is 2.22. The zero-order valence-corrected chi connectivity index (χ0v) is 15.4. The van der Waals surface area contributed by atoms with Crippen molar-refractivity contribution < 1.29 is 4.74 Å².